The second-order valence-electron chi connectivity index (χ2n) is 3.05. The van der Waals surface area contributed by atoms with Gasteiger partial charge in [-0.15, -0.1) is 0 Å². The number of halogens is 1. The number of carbonyl (C=O) groups excluding carboxylic acids is 2. The van der Waals surface area contributed by atoms with E-state index in [2.05, 4.69) is 26.0 Å². The van der Waals surface area contributed by atoms with E-state index in [1.54, 1.807) is 25.1 Å². The van der Waals surface area contributed by atoms with Crippen molar-refractivity contribution >= 4 is 33.5 Å². The normalized spacial score (nSPS) is 9.59. The van der Waals surface area contributed by atoms with Crippen LogP contribution in [0, 0.1) is 0 Å². The fourth-order valence-electron chi connectivity index (χ4n) is 1.13. The molecule has 92 valence electrons. The SMILES string of the molecule is CCOC(=O)C(=O)Nc1cc(Br)cc(OC)c1. The molecular weight excluding hydrogens is 290 g/mol. The molecule has 1 amide bonds. The average molecular weight is 302 g/mol. The summed E-state index contributed by atoms with van der Waals surface area (Å²) in [6, 6.07) is 4.99. The Morgan fingerprint density at radius 3 is 2.65 bits per heavy atom. The summed E-state index contributed by atoms with van der Waals surface area (Å²) >= 11 is 3.26. The van der Waals surface area contributed by atoms with Crippen LogP contribution in [0.15, 0.2) is 22.7 Å². The molecule has 17 heavy (non-hydrogen) atoms. The van der Waals surface area contributed by atoms with Crippen LogP contribution in [-0.2, 0) is 14.3 Å². The number of ether oxygens (including phenoxy) is 2. The number of hydrogen-bond donors (Lipinski definition) is 1. The molecule has 1 N–H and O–H groups in total. The summed E-state index contributed by atoms with van der Waals surface area (Å²) in [5, 5.41) is 2.42. The maximum Gasteiger partial charge on any atom is 0.397 e. The third kappa shape index (κ3) is 4.07. The zero-order valence-corrected chi connectivity index (χ0v) is 11.0. The van der Waals surface area contributed by atoms with E-state index in [1.165, 1.54) is 7.11 Å². The highest BCUT2D eigenvalue weighted by atomic mass is 79.9. The van der Waals surface area contributed by atoms with Gasteiger partial charge in [-0.05, 0) is 19.1 Å². The molecule has 1 rings (SSSR count). The fraction of sp³-hybridized carbons (Fsp3) is 0.273. The van der Waals surface area contributed by atoms with Crippen molar-refractivity contribution in [3.05, 3.63) is 22.7 Å². The number of benzene rings is 1. The molecule has 0 radical (unpaired) electrons. The highest BCUT2D eigenvalue weighted by Gasteiger charge is 2.15. The highest BCUT2D eigenvalue weighted by Crippen LogP contribution is 2.24. The molecule has 0 aliphatic rings. The van der Waals surface area contributed by atoms with Crippen LogP contribution in [0.5, 0.6) is 5.75 Å². The second-order valence-corrected chi connectivity index (χ2v) is 3.97. The topological polar surface area (TPSA) is 64.6 Å². The van der Waals surface area contributed by atoms with Gasteiger partial charge in [0.2, 0.25) is 0 Å². The lowest BCUT2D eigenvalue weighted by molar-refractivity contribution is -0.152. The molecule has 0 saturated carbocycles. The first-order valence-corrected chi connectivity index (χ1v) is 5.68. The summed E-state index contributed by atoms with van der Waals surface area (Å²) in [7, 11) is 1.51. The van der Waals surface area contributed by atoms with Gasteiger partial charge in [-0.3, -0.25) is 4.79 Å². The molecule has 5 nitrogen and oxygen atoms in total. The van der Waals surface area contributed by atoms with Gasteiger partial charge in [0.25, 0.3) is 0 Å². The average Bonchev–Trinajstić information content (AvgIpc) is 2.28. The Balaban J connectivity index is 2.77. The van der Waals surface area contributed by atoms with Crippen molar-refractivity contribution < 1.29 is 19.1 Å². The Labute approximate surface area is 107 Å². The van der Waals surface area contributed by atoms with Gasteiger partial charge >= 0.3 is 11.9 Å². The number of amides is 1. The van der Waals surface area contributed by atoms with Gasteiger partial charge in [0.1, 0.15) is 5.75 Å². The van der Waals surface area contributed by atoms with Gasteiger partial charge < -0.3 is 14.8 Å². The van der Waals surface area contributed by atoms with E-state index < -0.39 is 11.9 Å². The lowest BCUT2D eigenvalue weighted by Gasteiger charge is -2.07. The van der Waals surface area contributed by atoms with Crippen molar-refractivity contribution in [3.63, 3.8) is 0 Å². The van der Waals surface area contributed by atoms with Gasteiger partial charge in [-0.25, -0.2) is 4.79 Å². The van der Waals surface area contributed by atoms with Crippen LogP contribution in [0.25, 0.3) is 0 Å². The molecule has 1 aromatic rings. The third-order valence-corrected chi connectivity index (χ3v) is 2.28. The maximum absolute atomic E-state index is 11.4. The molecule has 0 saturated heterocycles. The summed E-state index contributed by atoms with van der Waals surface area (Å²) < 4.78 is 10.3. The molecular formula is C11H12BrNO4. The molecule has 0 atom stereocenters. The number of nitrogens with one attached hydrogen (secondary N) is 1. The van der Waals surface area contributed by atoms with E-state index in [9.17, 15) is 9.59 Å². The number of hydrogen-bond acceptors (Lipinski definition) is 4. The summed E-state index contributed by atoms with van der Waals surface area (Å²) in [5.74, 6) is -1.16. The predicted molar refractivity (Wildman–Crippen MR) is 66.0 cm³/mol. The van der Waals surface area contributed by atoms with Crippen molar-refractivity contribution in [2.24, 2.45) is 0 Å². The Bertz CT molecular complexity index is 433. The first-order chi connectivity index (χ1) is 8.06. The van der Waals surface area contributed by atoms with E-state index in [0.29, 0.717) is 11.4 Å². The van der Waals surface area contributed by atoms with Gasteiger partial charge in [-0.2, -0.15) is 0 Å². The van der Waals surface area contributed by atoms with Crippen LogP contribution in [-0.4, -0.2) is 25.6 Å². The molecule has 0 aliphatic carbocycles. The van der Waals surface area contributed by atoms with Gasteiger partial charge in [0.15, 0.2) is 0 Å². The molecule has 6 heteroatoms. The minimum Gasteiger partial charge on any atom is -0.497 e. The summed E-state index contributed by atoms with van der Waals surface area (Å²) in [5.41, 5.74) is 0.453. The number of rotatable bonds is 3. The summed E-state index contributed by atoms with van der Waals surface area (Å²) in [4.78, 5) is 22.5. The van der Waals surface area contributed by atoms with Gasteiger partial charge in [0, 0.05) is 16.2 Å². The van der Waals surface area contributed by atoms with E-state index in [1.807, 2.05) is 0 Å². The van der Waals surface area contributed by atoms with Crippen molar-refractivity contribution in [1.82, 2.24) is 0 Å². The standard InChI is InChI=1S/C11H12BrNO4/c1-3-17-11(15)10(14)13-8-4-7(12)5-9(6-8)16-2/h4-6H,3H2,1-2H3,(H,13,14). The molecule has 0 spiro atoms. The largest absolute Gasteiger partial charge is 0.497 e. The van der Waals surface area contributed by atoms with Crippen LogP contribution in [0.1, 0.15) is 6.92 Å². The van der Waals surface area contributed by atoms with Crippen LogP contribution >= 0.6 is 15.9 Å². The first kappa shape index (κ1) is 13.5. The zero-order chi connectivity index (χ0) is 12.8. The van der Waals surface area contributed by atoms with Crippen molar-refractivity contribution in [1.29, 1.82) is 0 Å². The number of carbonyl (C=O) groups is 2. The fourth-order valence-corrected chi connectivity index (χ4v) is 1.60. The Morgan fingerprint density at radius 1 is 1.35 bits per heavy atom. The molecule has 0 heterocycles. The molecule has 0 fully saturated rings. The molecule has 0 unspecified atom stereocenters. The molecule has 0 bridgehead atoms. The smallest absolute Gasteiger partial charge is 0.397 e. The predicted octanol–water partition coefficient (Wildman–Crippen LogP) is 1.96. The van der Waals surface area contributed by atoms with Crippen molar-refractivity contribution in [3.8, 4) is 5.75 Å². The summed E-state index contributed by atoms with van der Waals surface area (Å²) in [6.07, 6.45) is 0. The van der Waals surface area contributed by atoms with Crippen LogP contribution in [0.4, 0.5) is 5.69 Å². The second kappa shape index (κ2) is 6.24. The Hall–Kier alpha value is -1.56. The first-order valence-electron chi connectivity index (χ1n) is 4.89. The molecule has 1 aromatic carbocycles. The highest BCUT2D eigenvalue weighted by molar-refractivity contribution is 9.10. The molecule has 0 aliphatic heterocycles. The van der Waals surface area contributed by atoms with Crippen LogP contribution in [0.3, 0.4) is 0 Å². The van der Waals surface area contributed by atoms with E-state index in [0.717, 1.165) is 4.47 Å². The van der Waals surface area contributed by atoms with Crippen molar-refractivity contribution in [2.75, 3.05) is 19.0 Å². The number of anilines is 1. The summed E-state index contributed by atoms with van der Waals surface area (Å²) in [6.45, 7) is 1.79. The van der Waals surface area contributed by atoms with Gasteiger partial charge in [-0.1, -0.05) is 15.9 Å². The van der Waals surface area contributed by atoms with Crippen LogP contribution < -0.4 is 10.1 Å². The zero-order valence-electron chi connectivity index (χ0n) is 9.45. The van der Waals surface area contributed by atoms with Gasteiger partial charge in [0.05, 0.1) is 13.7 Å². The Kier molecular flexibility index (Phi) is 4.96. The van der Waals surface area contributed by atoms with Crippen molar-refractivity contribution in [2.45, 2.75) is 6.92 Å². The third-order valence-electron chi connectivity index (χ3n) is 1.83. The minimum atomic E-state index is -0.911. The Morgan fingerprint density at radius 2 is 2.06 bits per heavy atom. The van der Waals surface area contributed by atoms with E-state index >= 15 is 0 Å². The monoisotopic (exact) mass is 301 g/mol. The minimum absolute atomic E-state index is 0.161. The lowest BCUT2D eigenvalue weighted by atomic mass is 10.3. The number of methoxy groups -OCH3 is 1. The van der Waals surface area contributed by atoms with E-state index in [-0.39, 0.29) is 6.61 Å². The lowest BCUT2D eigenvalue weighted by Crippen LogP contribution is -2.24. The van der Waals surface area contributed by atoms with Crippen LogP contribution in [0.2, 0.25) is 0 Å². The maximum atomic E-state index is 11.4. The quantitative estimate of drug-likeness (QED) is 0.685. The number of esters is 1. The van der Waals surface area contributed by atoms with E-state index in [4.69, 9.17) is 4.74 Å². The molecule has 0 aromatic heterocycles.